The zero-order valence-corrected chi connectivity index (χ0v) is 38.2. The highest BCUT2D eigenvalue weighted by molar-refractivity contribution is 5.58. The van der Waals surface area contributed by atoms with Crippen LogP contribution >= 0.6 is 0 Å². The van der Waals surface area contributed by atoms with Crippen LogP contribution in [-0.4, -0.2) is 59.5 Å². The van der Waals surface area contributed by atoms with Crippen molar-refractivity contribution in [3.05, 3.63) is 122 Å². The number of aryl methyl sites for hydroxylation is 6. The van der Waals surface area contributed by atoms with Crippen molar-refractivity contribution >= 4 is 0 Å². The summed E-state index contributed by atoms with van der Waals surface area (Å²) in [5.74, 6) is 2.97. The summed E-state index contributed by atoms with van der Waals surface area (Å²) < 4.78 is 36.5. The van der Waals surface area contributed by atoms with Crippen molar-refractivity contribution in [2.24, 2.45) is 16.2 Å². The molecule has 3 aliphatic rings. The van der Waals surface area contributed by atoms with E-state index in [0.717, 1.165) is 98.4 Å². The van der Waals surface area contributed by atoms with Gasteiger partial charge in [-0.05, 0) is 129 Å². The molecule has 0 saturated carbocycles. The summed E-state index contributed by atoms with van der Waals surface area (Å²) in [5, 5.41) is 0. The van der Waals surface area contributed by atoms with Gasteiger partial charge in [-0.2, -0.15) is 0 Å². The first-order chi connectivity index (χ1) is 28.0. The fourth-order valence-corrected chi connectivity index (χ4v) is 9.38. The number of rotatable bonds is 17. The first-order valence-corrected chi connectivity index (χ1v) is 22.1. The summed E-state index contributed by atoms with van der Waals surface area (Å²) >= 11 is 0. The van der Waals surface area contributed by atoms with E-state index in [0.29, 0.717) is 19.8 Å². The normalized spacial score (nSPS) is 18.0. The summed E-state index contributed by atoms with van der Waals surface area (Å²) in [7, 11) is 0. The Morgan fingerprint density at radius 2 is 0.695 bits per heavy atom. The van der Waals surface area contributed by atoms with E-state index < -0.39 is 5.41 Å². The molecule has 0 spiro atoms. The summed E-state index contributed by atoms with van der Waals surface area (Å²) in [6.45, 7) is 33.6. The van der Waals surface area contributed by atoms with Crippen molar-refractivity contribution in [2.75, 3.05) is 59.5 Å². The molecule has 3 aliphatic heterocycles. The van der Waals surface area contributed by atoms with Gasteiger partial charge in [0.25, 0.3) is 0 Å². The smallest absolute Gasteiger partial charge is 0.125 e. The summed E-state index contributed by atoms with van der Waals surface area (Å²) in [6, 6.07) is 23.4. The maximum Gasteiger partial charge on any atom is 0.125 e. The van der Waals surface area contributed by atoms with Crippen LogP contribution in [0.2, 0.25) is 0 Å². The fourth-order valence-electron chi connectivity index (χ4n) is 9.38. The van der Waals surface area contributed by atoms with E-state index in [1.165, 1.54) is 38.9 Å². The molecule has 0 N–H and O–H groups in total. The van der Waals surface area contributed by atoms with E-state index >= 15 is 0 Å². The van der Waals surface area contributed by atoms with Crippen LogP contribution < -0.4 is 14.2 Å². The third kappa shape index (κ3) is 8.07. The Balaban J connectivity index is 1.23. The molecular formula is C53H70O6. The Kier molecular flexibility index (Phi) is 12.1. The Bertz CT molecular complexity index is 1960. The first kappa shape index (κ1) is 43.3. The fraction of sp³-hybridized carbons (Fsp3) is 0.547. The minimum absolute atomic E-state index is 0.111. The molecule has 3 saturated heterocycles. The van der Waals surface area contributed by atoms with Gasteiger partial charge in [-0.1, -0.05) is 95.3 Å². The van der Waals surface area contributed by atoms with Gasteiger partial charge in [-0.25, -0.2) is 0 Å². The van der Waals surface area contributed by atoms with Gasteiger partial charge in [0.2, 0.25) is 0 Å². The van der Waals surface area contributed by atoms with Crippen molar-refractivity contribution < 1.29 is 28.4 Å². The van der Waals surface area contributed by atoms with Crippen LogP contribution in [-0.2, 0) is 25.0 Å². The maximum absolute atomic E-state index is 6.62. The van der Waals surface area contributed by atoms with E-state index in [2.05, 4.69) is 144 Å². The third-order valence-electron chi connectivity index (χ3n) is 14.7. The van der Waals surface area contributed by atoms with E-state index in [1.54, 1.807) is 0 Å². The Hall–Kier alpha value is -3.84. The predicted molar refractivity (Wildman–Crippen MR) is 239 cm³/mol. The average molecular weight is 803 g/mol. The van der Waals surface area contributed by atoms with Crippen molar-refractivity contribution in [1.82, 2.24) is 0 Å². The lowest BCUT2D eigenvalue weighted by atomic mass is 9.69. The molecule has 6 nitrogen and oxygen atoms in total. The summed E-state index contributed by atoms with van der Waals surface area (Å²) in [6.07, 6.45) is 3.16. The van der Waals surface area contributed by atoms with Crippen LogP contribution in [0.15, 0.2) is 60.7 Å². The summed E-state index contributed by atoms with van der Waals surface area (Å²) in [4.78, 5) is 0. The second kappa shape index (κ2) is 16.6. The van der Waals surface area contributed by atoms with Crippen molar-refractivity contribution in [3.8, 4) is 17.2 Å². The molecule has 0 radical (unpaired) electrons. The minimum Gasteiger partial charge on any atom is -0.492 e. The van der Waals surface area contributed by atoms with E-state index in [4.69, 9.17) is 28.4 Å². The average Bonchev–Trinajstić information content (AvgIpc) is 3.16. The first-order valence-electron chi connectivity index (χ1n) is 22.1. The standard InChI is InChI=1S/C53H70O6/c1-13-51(26-54-27-51)32-57-46-35(4)20-43(21-36(46)5)49(10,11)41-16-18-42(19-17-41)50(12,44-22-37(6)47(38(7)23-44)58-33-52(14-2)28-55-29-52)45-24-39(8)48(40(9)25-45)59-34-53(15-3)30-56-31-53/h16-25H,13-15,26-34H2,1-12H3. The molecule has 4 aromatic carbocycles. The highest BCUT2D eigenvalue weighted by Gasteiger charge is 2.41. The Labute approximate surface area is 355 Å². The van der Waals surface area contributed by atoms with Gasteiger partial charge >= 0.3 is 0 Å². The molecule has 0 bridgehead atoms. The van der Waals surface area contributed by atoms with Crippen LogP contribution in [0.1, 0.15) is 122 Å². The third-order valence-corrected chi connectivity index (χ3v) is 14.7. The Morgan fingerprint density at radius 3 is 0.949 bits per heavy atom. The van der Waals surface area contributed by atoms with Crippen LogP contribution in [0, 0.1) is 57.8 Å². The molecule has 0 atom stereocenters. The molecule has 7 rings (SSSR count). The second-order valence-corrected chi connectivity index (χ2v) is 19.5. The Morgan fingerprint density at radius 1 is 0.424 bits per heavy atom. The monoisotopic (exact) mass is 803 g/mol. The zero-order valence-electron chi connectivity index (χ0n) is 38.2. The summed E-state index contributed by atoms with van der Waals surface area (Å²) in [5.41, 5.74) is 12.9. The second-order valence-electron chi connectivity index (χ2n) is 19.5. The molecule has 0 amide bonds. The van der Waals surface area contributed by atoms with Crippen molar-refractivity contribution in [3.63, 3.8) is 0 Å². The maximum atomic E-state index is 6.62. The molecule has 0 aliphatic carbocycles. The highest BCUT2D eigenvalue weighted by Crippen LogP contribution is 2.46. The van der Waals surface area contributed by atoms with Crippen molar-refractivity contribution in [1.29, 1.82) is 0 Å². The van der Waals surface area contributed by atoms with Gasteiger partial charge in [-0.3, -0.25) is 0 Å². The lowest BCUT2D eigenvalue weighted by Gasteiger charge is -2.41. The van der Waals surface area contributed by atoms with E-state index in [9.17, 15) is 0 Å². The lowest BCUT2D eigenvalue weighted by Crippen LogP contribution is -2.46. The molecule has 0 aromatic heterocycles. The van der Waals surface area contributed by atoms with Gasteiger partial charge in [0.15, 0.2) is 0 Å². The topological polar surface area (TPSA) is 55.4 Å². The van der Waals surface area contributed by atoms with E-state index in [1.807, 2.05) is 0 Å². The molecular weight excluding hydrogens is 733 g/mol. The number of hydrogen-bond donors (Lipinski definition) is 0. The molecule has 59 heavy (non-hydrogen) atoms. The molecule has 318 valence electrons. The van der Waals surface area contributed by atoms with Gasteiger partial charge in [0.05, 0.1) is 75.7 Å². The van der Waals surface area contributed by atoms with Gasteiger partial charge < -0.3 is 28.4 Å². The van der Waals surface area contributed by atoms with Crippen LogP contribution in [0.4, 0.5) is 0 Å². The van der Waals surface area contributed by atoms with E-state index in [-0.39, 0.29) is 21.7 Å². The molecule has 3 heterocycles. The molecule has 6 heteroatoms. The van der Waals surface area contributed by atoms with Gasteiger partial charge in [-0.15, -0.1) is 0 Å². The lowest BCUT2D eigenvalue weighted by molar-refractivity contribution is -0.133. The molecule has 3 fully saturated rings. The minimum atomic E-state index is -0.461. The predicted octanol–water partition coefficient (Wildman–Crippen LogP) is 11.6. The quantitative estimate of drug-likeness (QED) is 0.0991. The highest BCUT2D eigenvalue weighted by atomic mass is 16.5. The molecule has 0 unspecified atom stereocenters. The molecule has 4 aromatic rings. The van der Waals surface area contributed by atoms with Crippen LogP contribution in [0.5, 0.6) is 17.2 Å². The number of hydrogen-bond acceptors (Lipinski definition) is 6. The van der Waals surface area contributed by atoms with Gasteiger partial charge in [0, 0.05) is 10.8 Å². The largest absolute Gasteiger partial charge is 0.492 e. The number of benzene rings is 4. The zero-order chi connectivity index (χ0) is 42.4. The SMILES string of the molecule is CCC1(COc2c(C)cc(C(C)(C)c3ccc(C(C)(c4cc(C)c(OCC5(CC)COC5)c(C)c4)c4cc(C)c(OCC5(CC)COC5)c(C)c4)cc3)cc2C)COC1. The van der Waals surface area contributed by atoms with Gasteiger partial charge in [0.1, 0.15) is 17.2 Å². The number of ether oxygens (including phenoxy) is 6. The van der Waals surface area contributed by atoms with Crippen LogP contribution in [0.3, 0.4) is 0 Å². The van der Waals surface area contributed by atoms with Crippen molar-refractivity contribution in [2.45, 2.75) is 113 Å². The van der Waals surface area contributed by atoms with Crippen LogP contribution in [0.25, 0.3) is 0 Å².